The number of amides is 1. The Hall–Kier alpha value is -1.10. The number of ether oxygens (including phenoxy) is 1. The molecule has 164 valence electrons. The molecule has 8 atom stereocenters. The van der Waals surface area contributed by atoms with Crippen LogP contribution in [0, 0.1) is 40.4 Å². The molecule has 4 fully saturated rings. The van der Waals surface area contributed by atoms with Crippen LogP contribution in [0.1, 0.15) is 78.1 Å². The topological polar surface area (TPSA) is 75.6 Å². The molecule has 1 amide bonds. The van der Waals surface area contributed by atoms with Crippen molar-refractivity contribution >= 4 is 11.9 Å². The SMILES string of the molecule is COC(=O)NCCC[C@H]1CC[C@H]2[C@@H]3C(=O)C[C@@H]4C[C@H](O)CC[C@]4(C)[C@H]3CC[C@]12C. The second-order valence-corrected chi connectivity index (χ2v) is 10.9. The summed E-state index contributed by atoms with van der Waals surface area (Å²) in [5, 5.41) is 13.0. The minimum Gasteiger partial charge on any atom is -0.453 e. The van der Waals surface area contributed by atoms with Gasteiger partial charge in [0.15, 0.2) is 0 Å². The van der Waals surface area contributed by atoms with Crippen molar-refractivity contribution in [3.63, 3.8) is 0 Å². The zero-order valence-corrected chi connectivity index (χ0v) is 18.4. The number of methoxy groups -OCH3 is 1. The Morgan fingerprint density at radius 1 is 1.14 bits per heavy atom. The number of hydrogen-bond donors (Lipinski definition) is 2. The van der Waals surface area contributed by atoms with Crippen LogP contribution in [0.2, 0.25) is 0 Å². The fourth-order valence-electron chi connectivity index (χ4n) is 8.10. The molecule has 0 aromatic carbocycles. The van der Waals surface area contributed by atoms with Gasteiger partial charge >= 0.3 is 6.09 Å². The summed E-state index contributed by atoms with van der Waals surface area (Å²) in [5.74, 6) is 2.81. The molecule has 5 nitrogen and oxygen atoms in total. The molecule has 0 unspecified atom stereocenters. The van der Waals surface area contributed by atoms with Crippen LogP contribution in [0.15, 0.2) is 0 Å². The predicted octanol–water partition coefficient (Wildman–Crippen LogP) is 4.32. The van der Waals surface area contributed by atoms with Crippen LogP contribution in [0.4, 0.5) is 4.79 Å². The fourth-order valence-corrected chi connectivity index (χ4v) is 8.10. The van der Waals surface area contributed by atoms with Crippen LogP contribution in [-0.4, -0.2) is 36.7 Å². The van der Waals surface area contributed by atoms with E-state index in [2.05, 4.69) is 23.9 Å². The molecule has 0 spiro atoms. The average molecular weight is 406 g/mol. The zero-order chi connectivity index (χ0) is 20.8. The second-order valence-electron chi connectivity index (χ2n) is 10.9. The van der Waals surface area contributed by atoms with Crippen LogP contribution in [0.25, 0.3) is 0 Å². The molecule has 4 aliphatic carbocycles. The van der Waals surface area contributed by atoms with Crippen LogP contribution in [-0.2, 0) is 9.53 Å². The smallest absolute Gasteiger partial charge is 0.406 e. The van der Waals surface area contributed by atoms with E-state index in [-0.39, 0.29) is 28.9 Å². The van der Waals surface area contributed by atoms with Gasteiger partial charge in [-0.3, -0.25) is 4.79 Å². The molecular weight excluding hydrogens is 366 g/mol. The summed E-state index contributed by atoms with van der Waals surface area (Å²) >= 11 is 0. The Kier molecular flexibility index (Phi) is 5.73. The largest absolute Gasteiger partial charge is 0.453 e. The molecule has 0 aliphatic heterocycles. The highest BCUT2D eigenvalue weighted by Crippen LogP contribution is 2.67. The van der Waals surface area contributed by atoms with Crippen molar-refractivity contribution < 1.29 is 19.4 Å². The first-order chi connectivity index (χ1) is 13.8. The number of carbonyl (C=O) groups excluding carboxylic acids is 2. The highest BCUT2D eigenvalue weighted by atomic mass is 16.5. The fraction of sp³-hybridized carbons (Fsp3) is 0.917. The second kappa shape index (κ2) is 7.86. The van der Waals surface area contributed by atoms with Crippen molar-refractivity contribution in [3.05, 3.63) is 0 Å². The maximum absolute atomic E-state index is 13.3. The lowest BCUT2D eigenvalue weighted by molar-refractivity contribution is -0.160. The molecule has 0 saturated heterocycles. The lowest BCUT2D eigenvalue weighted by Crippen LogP contribution is -2.57. The third-order valence-electron chi connectivity index (χ3n) is 9.82. The normalized spacial score (nSPS) is 46.4. The van der Waals surface area contributed by atoms with Gasteiger partial charge in [0.2, 0.25) is 0 Å². The van der Waals surface area contributed by atoms with E-state index in [0.29, 0.717) is 42.4 Å². The number of hydrogen-bond acceptors (Lipinski definition) is 4. The van der Waals surface area contributed by atoms with Crippen molar-refractivity contribution in [3.8, 4) is 0 Å². The van der Waals surface area contributed by atoms with Gasteiger partial charge in [0, 0.05) is 18.9 Å². The number of carbonyl (C=O) groups is 2. The quantitative estimate of drug-likeness (QED) is 0.683. The molecular formula is C24H39NO4. The minimum absolute atomic E-state index is 0.208. The molecule has 0 heterocycles. The van der Waals surface area contributed by atoms with Gasteiger partial charge < -0.3 is 15.2 Å². The van der Waals surface area contributed by atoms with Crippen LogP contribution in [0.3, 0.4) is 0 Å². The first-order valence-corrected chi connectivity index (χ1v) is 11.8. The van der Waals surface area contributed by atoms with Gasteiger partial charge in [-0.15, -0.1) is 0 Å². The summed E-state index contributed by atoms with van der Waals surface area (Å²) in [6.45, 7) is 5.55. The van der Waals surface area contributed by atoms with Crippen LogP contribution in [0.5, 0.6) is 0 Å². The van der Waals surface area contributed by atoms with Gasteiger partial charge in [-0.05, 0) is 92.3 Å². The standard InChI is InChI=1S/C24H39NO4/c1-23-11-9-19-21(20(27)14-16-13-17(26)8-10-24(16,19)2)18(23)7-6-15(23)5-4-12-25-22(28)29-3/h15-19,21,26H,4-14H2,1-3H3,(H,25,28)/t15-,16-,17+,18-,19-,21-,23+,24-/m0/s1. The third-order valence-corrected chi connectivity index (χ3v) is 9.82. The van der Waals surface area contributed by atoms with E-state index in [9.17, 15) is 14.7 Å². The van der Waals surface area contributed by atoms with Gasteiger partial charge in [0.1, 0.15) is 5.78 Å². The van der Waals surface area contributed by atoms with Crippen molar-refractivity contribution in [2.75, 3.05) is 13.7 Å². The van der Waals surface area contributed by atoms with E-state index in [0.717, 1.165) is 32.1 Å². The van der Waals surface area contributed by atoms with Crippen molar-refractivity contribution in [1.29, 1.82) is 0 Å². The molecule has 29 heavy (non-hydrogen) atoms. The molecule has 4 saturated carbocycles. The monoisotopic (exact) mass is 405 g/mol. The van der Waals surface area contributed by atoms with E-state index >= 15 is 0 Å². The number of Topliss-reactive ketones (excluding diaryl/α,β-unsaturated/α-hetero) is 1. The molecule has 4 rings (SSSR count). The Morgan fingerprint density at radius 2 is 1.86 bits per heavy atom. The number of aliphatic hydroxyl groups excluding tert-OH is 1. The zero-order valence-electron chi connectivity index (χ0n) is 18.4. The number of nitrogens with one attached hydrogen (secondary N) is 1. The number of fused-ring (bicyclic) bond motifs is 5. The molecule has 2 N–H and O–H groups in total. The number of rotatable bonds is 4. The minimum atomic E-state index is -0.353. The summed E-state index contributed by atoms with van der Waals surface area (Å²) < 4.78 is 4.66. The van der Waals surface area contributed by atoms with Crippen LogP contribution >= 0.6 is 0 Å². The molecule has 5 heteroatoms. The highest BCUT2D eigenvalue weighted by molar-refractivity contribution is 5.83. The maximum Gasteiger partial charge on any atom is 0.406 e. The van der Waals surface area contributed by atoms with E-state index in [4.69, 9.17) is 0 Å². The Morgan fingerprint density at radius 3 is 2.62 bits per heavy atom. The van der Waals surface area contributed by atoms with Crippen LogP contribution < -0.4 is 5.32 Å². The number of ketones is 1. The highest BCUT2D eigenvalue weighted by Gasteiger charge is 2.62. The Labute approximate surface area is 175 Å². The van der Waals surface area contributed by atoms with Gasteiger partial charge in [-0.2, -0.15) is 0 Å². The summed E-state index contributed by atoms with van der Waals surface area (Å²) in [6, 6.07) is 0. The molecule has 0 bridgehead atoms. The number of aliphatic hydroxyl groups is 1. The van der Waals surface area contributed by atoms with Gasteiger partial charge in [0.25, 0.3) is 0 Å². The molecule has 4 aliphatic rings. The first kappa shape index (κ1) is 21.1. The lowest BCUT2D eigenvalue weighted by atomic mass is 9.44. The van der Waals surface area contributed by atoms with Crippen molar-refractivity contribution in [1.82, 2.24) is 5.32 Å². The van der Waals surface area contributed by atoms with E-state index in [1.54, 1.807) is 0 Å². The summed E-state index contributed by atoms with van der Waals surface area (Å²) in [6.07, 6.45) is 9.83. The Bertz CT molecular complexity index is 651. The Balaban J connectivity index is 1.45. The van der Waals surface area contributed by atoms with E-state index in [1.165, 1.54) is 32.8 Å². The van der Waals surface area contributed by atoms with Crippen molar-refractivity contribution in [2.24, 2.45) is 40.4 Å². The van der Waals surface area contributed by atoms with Gasteiger partial charge in [-0.1, -0.05) is 13.8 Å². The van der Waals surface area contributed by atoms with Gasteiger partial charge in [-0.25, -0.2) is 4.79 Å². The number of alkyl carbamates (subject to hydrolysis) is 1. The molecule has 0 radical (unpaired) electrons. The average Bonchev–Trinajstić information content (AvgIpc) is 3.03. The molecule has 0 aromatic rings. The van der Waals surface area contributed by atoms with Gasteiger partial charge in [0.05, 0.1) is 13.2 Å². The van der Waals surface area contributed by atoms with Crippen molar-refractivity contribution in [2.45, 2.75) is 84.2 Å². The first-order valence-electron chi connectivity index (χ1n) is 11.8. The third kappa shape index (κ3) is 3.51. The predicted molar refractivity (Wildman–Crippen MR) is 111 cm³/mol. The summed E-state index contributed by atoms with van der Waals surface area (Å²) in [5.41, 5.74) is 0.501. The maximum atomic E-state index is 13.3. The lowest BCUT2D eigenvalue weighted by Gasteiger charge is -2.60. The van der Waals surface area contributed by atoms with E-state index < -0.39 is 0 Å². The van der Waals surface area contributed by atoms with E-state index in [1.807, 2.05) is 0 Å². The summed E-state index contributed by atoms with van der Waals surface area (Å²) in [4.78, 5) is 24.6. The summed E-state index contributed by atoms with van der Waals surface area (Å²) in [7, 11) is 1.40. The molecule has 0 aromatic heterocycles.